The topological polar surface area (TPSA) is 43.4 Å². The maximum Gasteiger partial charge on any atom is 0.338 e. The summed E-state index contributed by atoms with van der Waals surface area (Å²) in [5.41, 5.74) is 0.810. The summed E-state index contributed by atoms with van der Waals surface area (Å²) in [4.78, 5) is 23.6. The van der Waals surface area contributed by atoms with Crippen molar-refractivity contribution in [3.8, 4) is 0 Å². The Morgan fingerprint density at radius 1 is 0.760 bits per heavy atom. The van der Waals surface area contributed by atoms with Crippen LogP contribution in [0.1, 0.15) is 105 Å². The van der Waals surface area contributed by atoms with Gasteiger partial charge in [-0.3, -0.25) is 4.79 Å². The summed E-state index contributed by atoms with van der Waals surface area (Å²) in [6.07, 6.45) is 13.9. The van der Waals surface area contributed by atoms with Gasteiger partial charge in [0, 0.05) is 5.56 Å². The van der Waals surface area contributed by atoms with Crippen LogP contribution in [-0.4, -0.2) is 18.4 Å². The van der Waals surface area contributed by atoms with Crippen molar-refractivity contribution in [3.05, 3.63) is 35.4 Å². The maximum atomic E-state index is 12.1. The molecule has 0 aliphatic rings. The van der Waals surface area contributed by atoms with Gasteiger partial charge in [-0.1, -0.05) is 89.3 Å². The predicted molar refractivity (Wildman–Crippen MR) is 103 cm³/mol. The predicted octanol–water partition coefficient (Wildman–Crippen LogP) is 6.36. The van der Waals surface area contributed by atoms with E-state index >= 15 is 0 Å². The number of unbranched alkanes of at least 4 members (excludes halogenated alkanes) is 10. The van der Waals surface area contributed by atoms with Crippen molar-refractivity contribution in [3.63, 3.8) is 0 Å². The van der Waals surface area contributed by atoms with E-state index in [0.29, 0.717) is 17.7 Å². The number of ketones is 1. The van der Waals surface area contributed by atoms with Crippen LogP contribution in [0.4, 0.5) is 0 Å². The number of esters is 1. The van der Waals surface area contributed by atoms with Crippen LogP contribution in [0.5, 0.6) is 0 Å². The van der Waals surface area contributed by atoms with Crippen LogP contribution >= 0.6 is 0 Å². The third-order valence-electron chi connectivity index (χ3n) is 4.51. The molecule has 0 saturated carbocycles. The van der Waals surface area contributed by atoms with Crippen LogP contribution in [0.25, 0.3) is 0 Å². The van der Waals surface area contributed by atoms with Gasteiger partial charge in [0.2, 0.25) is 0 Å². The second kappa shape index (κ2) is 13.6. The molecule has 0 fully saturated rings. The Kier molecular flexibility index (Phi) is 11.7. The first kappa shape index (κ1) is 21.4. The highest BCUT2D eigenvalue weighted by molar-refractivity contribution is 6.05. The van der Waals surface area contributed by atoms with Crippen LogP contribution in [0.15, 0.2) is 24.3 Å². The van der Waals surface area contributed by atoms with Crippen molar-refractivity contribution in [1.82, 2.24) is 0 Å². The first-order valence-electron chi connectivity index (χ1n) is 9.94. The fraction of sp³-hybridized carbons (Fsp3) is 0.636. The summed E-state index contributed by atoms with van der Waals surface area (Å²) >= 11 is 0. The van der Waals surface area contributed by atoms with Gasteiger partial charge in [0.15, 0.2) is 5.78 Å². The SMILES string of the molecule is CCCCCCCCCCCCCOC(=O)c1ccccc1C(C)=O. The molecule has 1 aromatic carbocycles. The molecule has 0 bridgehead atoms. The van der Waals surface area contributed by atoms with Gasteiger partial charge in [0.1, 0.15) is 0 Å². The van der Waals surface area contributed by atoms with Crippen LogP contribution < -0.4 is 0 Å². The Hall–Kier alpha value is -1.64. The van der Waals surface area contributed by atoms with Gasteiger partial charge in [-0.15, -0.1) is 0 Å². The van der Waals surface area contributed by atoms with Crippen LogP contribution in [0, 0.1) is 0 Å². The molecule has 3 nitrogen and oxygen atoms in total. The van der Waals surface area contributed by atoms with E-state index in [1.807, 2.05) is 0 Å². The van der Waals surface area contributed by atoms with E-state index in [4.69, 9.17) is 4.74 Å². The van der Waals surface area contributed by atoms with E-state index < -0.39 is 5.97 Å². The second-order valence-corrected chi connectivity index (χ2v) is 6.77. The van der Waals surface area contributed by atoms with Crippen molar-refractivity contribution in [2.45, 2.75) is 84.5 Å². The number of hydrogen-bond acceptors (Lipinski definition) is 3. The highest BCUT2D eigenvalue weighted by Gasteiger charge is 2.14. The molecule has 1 rings (SSSR count). The molecule has 0 heterocycles. The van der Waals surface area contributed by atoms with Crippen molar-refractivity contribution in [2.75, 3.05) is 6.61 Å². The summed E-state index contributed by atoms with van der Waals surface area (Å²) < 4.78 is 5.31. The third-order valence-corrected chi connectivity index (χ3v) is 4.51. The van der Waals surface area contributed by atoms with E-state index in [0.717, 1.165) is 12.8 Å². The molecule has 0 saturated heterocycles. The van der Waals surface area contributed by atoms with Gasteiger partial charge in [0.05, 0.1) is 12.2 Å². The summed E-state index contributed by atoms with van der Waals surface area (Å²) in [5, 5.41) is 0. The molecule has 3 heteroatoms. The molecule has 0 aliphatic carbocycles. The molecular weight excluding hydrogens is 312 g/mol. The Morgan fingerprint density at radius 2 is 1.24 bits per heavy atom. The average molecular weight is 347 g/mol. The molecule has 25 heavy (non-hydrogen) atoms. The molecule has 140 valence electrons. The van der Waals surface area contributed by atoms with Gasteiger partial charge in [-0.05, 0) is 19.4 Å². The molecule has 0 aromatic heterocycles. The minimum absolute atomic E-state index is 0.109. The first-order chi connectivity index (χ1) is 12.2. The Balaban J connectivity index is 2.05. The Bertz CT molecular complexity index is 508. The maximum absolute atomic E-state index is 12.1. The smallest absolute Gasteiger partial charge is 0.338 e. The lowest BCUT2D eigenvalue weighted by Crippen LogP contribution is -2.11. The van der Waals surface area contributed by atoms with Crippen LogP contribution in [0.2, 0.25) is 0 Å². The monoisotopic (exact) mass is 346 g/mol. The number of benzene rings is 1. The van der Waals surface area contributed by atoms with Crippen molar-refractivity contribution in [2.24, 2.45) is 0 Å². The van der Waals surface area contributed by atoms with Gasteiger partial charge >= 0.3 is 5.97 Å². The van der Waals surface area contributed by atoms with E-state index in [9.17, 15) is 9.59 Å². The third kappa shape index (κ3) is 9.42. The molecular formula is C22H34O3. The molecule has 0 radical (unpaired) electrons. The quantitative estimate of drug-likeness (QED) is 0.224. The van der Waals surface area contributed by atoms with E-state index in [1.165, 1.54) is 64.7 Å². The summed E-state index contributed by atoms with van der Waals surface area (Å²) in [7, 11) is 0. The van der Waals surface area contributed by atoms with Gasteiger partial charge < -0.3 is 4.74 Å². The molecule has 0 aliphatic heterocycles. The van der Waals surface area contributed by atoms with Crippen molar-refractivity contribution < 1.29 is 14.3 Å². The van der Waals surface area contributed by atoms with Crippen molar-refractivity contribution >= 4 is 11.8 Å². The molecule has 0 spiro atoms. The Labute approximate surface area is 153 Å². The van der Waals surface area contributed by atoms with Crippen molar-refractivity contribution in [1.29, 1.82) is 0 Å². The zero-order chi connectivity index (χ0) is 18.3. The number of ether oxygens (including phenoxy) is 1. The minimum atomic E-state index is -0.391. The van der Waals surface area contributed by atoms with Crippen LogP contribution in [-0.2, 0) is 4.74 Å². The van der Waals surface area contributed by atoms with Crippen LogP contribution in [0.3, 0.4) is 0 Å². The lowest BCUT2D eigenvalue weighted by atomic mass is 10.0. The van der Waals surface area contributed by atoms with E-state index in [1.54, 1.807) is 24.3 Å². The van der Waals surface area contributed by atoms with Gasteiger partial charge in [-0.2, -0.15) is 0 Å². The molecule has 0 atom stereocenters. The van der Waals surface area contributed by atoms with Gasteiger partial charge in [-0.25, -0.2) is 4.79 Å². The molecule has 0 N–H and O–H groups in total. The fourth-order valence-corrected chi connectivity index (χ4v) is 2.98. The summed E-state index contributed by atoms with van der Waals surface area (Å²) in [5.74, 6) is -0.500. The largest absolute Gasteiger partial charge is 0.462 e. The highest BCUT2D eigenvalue weighted by atomic mass is 16.5. The first-order valence-corrected chi connectivity index (χ1v) is 9.94. The zero-order valence-electron chi connectivity index (χ0n) is 16.0. The lowest BCUT2D eigenvalue weighted by molar-refractivity contribution is 0.0494. The number of carbonyl (C=O) groups is 2. The summed E-state index contributed by atoms with van der Waals surface area (Å²) in [6.45, 7) is 4.15. The lowest BCUT2D eigenvalue weighted by Gasteiger charge is -2.07. The number of rotatable bonds is 14. The normalized spacial score (nSPS) is 10.6. The molecule has 0 unspecified atom stereocenters. The van der Waals surface area contributed by atoms with E-state index in [-0.39, 0.29) is 5.78 Å². The van der Waals surface area contributed by atoms with E-state index in [2.05, 4.69) is 6.92 Å². The number of Topliss-reactive ketones (excluding diaryl/α,β-unsaturated/α-hetero) is 1. The highest BCUT2D eigenvalue weighted by Crippen LogP contribution is 2.13. The summed E-state index contributed by atoms with van der Waals surface area (Å²) in [6, 6.07) is 6.84. The zero-order valence-corrected chi connectivity index (χ0v) is 16.0. The average Bonchev–Trinajstić information content (AvgIpc) is 2.62. The number of hydrogen-bond donors (Lipinski definition) is 0. The van der Waals surface area contributed by atoms with Gasteiger partial charge in [0.25, 0.3) is 0 Å². The second-order valence-electron chi connectivity index (χ2n) is 6.77. The molecule has 1 aromatic rings. The Morgan fingerprint density at radius 3 is 1.76 bits per heavy atom. The number of carbonyl (C=O) groups excluding carboxylic acids is 2. The standard InChI is InChI=1S/C22H34O3/c1-3-4-5-6-7-8-9-10-11-12-15-18-25-22(24)21-17-14-13-16-20(21)19(2)23/h13-14,16-17H,3-12,15,18H2,1-2H3. The minimum Gasteiger partial charge on any atom is -0.462 e. The fourth-order valence-electron chi connectivity index (χ4n) is 2.98. The molecule has 0 amide bonds.